The summed E-state index contributed by atoms with van der Waals surface area (Å²) in [5, 5.41) is 0.258. The van der Waals surface area contributed by atoms with E-state index in [0.717, 1.165) is 23.3 Å². The molecular formula is C12H15FN2O2S4. The van der Waals surface area contributed by atoms with Gasteiger partial charge in [-0.05, 0) is 18.2 Å². The van der Waals surface area contributed by atoms with Gasteiger partial charge in [-0.1, -0.05) is 12.2 Å². The summed E-state index contributed by atoms with van der Waals surface area (Å²) in [5.41, 5.74) is 5.33. The molecule has 0 radical (unpaired) electrons. The first-order valence-corrected chi connectivity index (χ1v) is 10.3. The third-order valence-electron chi connectivity index (χ3n) is 2.90. The van der Waals surface area contributed by atoms with Crippen LogP contribution in [0.15, 0.2) is 23.1 Å². The fourth-order valence-corrected chi connectivity index (χ4v) is 5.78. The lowest BCUT2D eigenvalue weighted by Gasteiger charge is -2.21. The summed E-state index contributed by atoms with van der Waals surface area (Å²) in [6.45, 7) is 0.361. The molecule has 0 saturated carbocycles. The van der Waals surface area contributed by atoms with E-state index in [9.17, 15) is 12.8 Å². The highest BCUT2D eigenvalue weighted by Crippen LogP contribution is 2.24. The van der Waals surface area contributed by atoms with E-state index >= 15 is 0 Å². The van der Waals surface area contributed by atoms with Gasteiger partial charge in [-0.2, -0.15) is 23.5 Å². The van der Waals surface area contributed by atoms with Gasteiger partial charge in [0.25, 0.3) is 0 Å². The Morgan fingerprint density at radius 2 is 2.24 bits per heavy atom. The Bertz CT molecular complexity index is 630. The molecule has 1 aliphatic rings. The molecule has 9 heteroatoms. The highest BCUT2D eigenvalue weighted by molar-refractivity contribution is 8.06. The van der Waals surface area contributed by atoms with Gasteiger partial charge in [-0.15, -0.1) is 0 Å². The molecule has 21 heavy (non-hydrogen) atoms. The zero-order chi connectivity index (χ0) is 15.5. The number of thiocarbonyl (C=S) groups is 1. The third kappa shape index (κ3) is 4.56. The maximum atomic E-state index is 13.5. The molecule has 4 nitrogen and oxygen atoms in total. The molecule has 1 aromatic rings. The lowest BCUT2D eigenvalue weighted by Crippen LogP contribution is -2.33. The van der Waals surface area contributed by atoms with Crippen LogP contribution in [-0.4, -0.2) is 42.5 Å². The summed E-state index contributed by atoms with van der Waals surface area (Å²) in [6, 6.07) is 3.44. The third-order valence-corrected chi connectivity index (χ3v) is 7.39. The van der Waals surface area contributed by atoms with Gasteiger partial charge in [0.05, 0.1) is 4.90 Å². The first-order valence-electron chi connectivity index (χ1n) is 6.18. The Hall–Kier alpha value is -0.350. The Morgan fingerprint density at radius 1 is 1.48 bits per heavy atom. The van der Waals surface area contributed by atoms with Crippen molar-refractivity contribution < 1.29 is 12.8 Å². The number of nitrogens with two attached hydrogens (primary N) is 1. The van der Waals surface area contributed by atoms with Crippen LogP contribution in [0.3, 0.4) is 0 Å². The average Bonchev–Trinajstić information content (AvgIpc) is 2.46. The second kappa shape index (κ2) is 7.28. The van der Waals surface area contributed by atoms with Gasteiger partial charge in [0.2, 0.25) is 10.0 Å². The van der Waals surface area contributed by atoms with E-state index < -0.39 is 15.8 Å². The van der Waals surface area contributed by atoms with E-state index in [1.165, 1.54) is 12.1 Å². The zero-order valence-corrected chi connectivity index (χ0v) is 14.3. The molecule has 0 aliphatic carbocycles. The van der Waals surface area contributed by atoms with Crippen LogP contribution in [0.2, 0.25) is 0 Å². The highest BCUT2D eigenvalue weighted by Gasteiger charge is 2.20. The number of sulfonamides is 1. The Kier molecular flexibility index (Phi) is 5.89. The second-order valence-corrected chi connectivity index (χ2v) is 9.19. The van der Waals surface area contributed by atoms with Crippen LogP contribution in [-0.2, 0) is 10.0 Å². The quantitative estimate of drug-likeness (QED) is 0.771. The van der Waals surface area contributed by atoms with Crippen molar-refractivity contribution >= 4 is 50.8 Å². The van der Waals surface area contributed by atoms with Crippen LogP contribution in [0.5, 0.6) is 0 Å². The summed E-state index contributed by atoms with van der Waals surface area (Å²) in [4.78, 5) is -0.191. The maximum absolute atomic E-state index is 13.5. The largest absolute Gasteiger partial charge is 0.389 e. The number of hydrogen-bond acceptors (Lipinski definition) is 5. The minimum Gasteiger partial charge on any atom is -0.389 e. The molecule has 1 aliphatic heterocycles. The van der Waals surface area contributed by atoms with Gasteiger partial charge in [0.15, 0.2) is 0 Å². The van der Waals surface area contributed by atoms with Crippen LogP contribution < -0.4 is 10.5 Å². The van der Waals surface area contributed by atoms with E-state index in [4.69, 9.17) is 18.0 Å². The Morgan fingerprint density at radius 3 is 2.86 bits per heavy atom. The summed E-state index contributed by atoms with van der Waals surface area (Å²) >= 11 is 8.30. The summed E-state index contributed by atoms with van der Waals surface area (Å²) < 4.78 is 40.5. The van der Waals surface area contributed by atoms with Crippen LogP contribution in [0.1, 0.15) is 5.56 Å². The SMILES string of the molecule is NC(=S)c1cc(S(=O)(=O)NCC2CSCCS2)ccc1F. The fraction of sp³-hybridized carbons (Fsp3) is 0.417. The van der Waals surface area contributed by atoms with Crippen molar-refractivity contribution in [1.82, 2.24) is 4.72 Å². The first kappa shape index (κ1) is 17.0. The molecule has 116 valence electrons. The molecule has 1 aromatic carbocycles. The van der Waals surface area contributed by atoms with Crippen molar-refractivity contribution in [2.75, 3.05) is 23.8 Å². The Balaban J connectivity index is 2.11. The van der Waals surface area contributed by atoms with Gasteiger partial charge < -0.3 is 5.73 Å². The van der Waals surface area contributed by atoms with Crippen LogP contribution >= 0.6 is 35.7 Å². The van der Waals surface area contributed by atoms with Crippen molar-refractivity contribution in [2.24, 2.45) is 5.73 Å². The minimum absolute atomic E-state index is 0.0276. The number of thioether (sulfide) groups is 2. The molecule has 0 aromatic heterocycles. The summed E-state index contributed by atoms with van der Waals surface area (Å²) in [6.07, 6.45) is 0. The predicted molar refractivity (Wildman–Crippen MR) is 91.0 cm³/mol. The number of rotatable bonds is 5. The highest BCUT2D eigenvalue weighted by atomic mass is 32.2. The number of benzene rings is 1. The first-order chi connectivity index (χ1) is 9.90. The predicted octanol–water partition coefficient (Wildman–Crippen LogP) is 1.59. The Labute approximate surface area is 137 Å². The molecule has 0 bridgehead atoms. The van der Waals surface area contributed by atoms with E-state index in [1.54, 1.807) is 11.8 Å². The summed E-state index contributed by atoms with van der Waals surface area (Å²) in [5.74, 6) is 2.43. The maximum Gasteiger partial charge on any atom is 0.240 e. The second-order valence-electron chi connectivity index (χ2n) is 4.43. The normalized spacial score (nSPS) is 19.4. The molecular weight excluding hydrogens is 351 g/mol. The van der Waals surface area contributed by atoms with E-state index in [2.05, 4.69) is 4.72 Å². The van der Waals surface area contributed by atoms with Crippen LogP contribution in [0.4, 0.5) is 4.39 Å². The zero-order valence-electron chi connectivity index (χ0n) is 11.0. The van der Waals surface area contributed by atoms with Crippen molar-refractivity contribution in [3.63, 3.8) is 0 Å². The molecule has 0 spiro atoms. The van der Waals surface area contributed by atoms with Crippen molar-refractivity contribution in [3.05, 3.63) is 29.6 Å². The van der Waals surface area contributed by atoms with E-state index in [0.29, 0.717) is 6.54 Å². The molecule has 1 unspecified atom stereocenters. The van der Waals surface area contributed by atoms with Gasteiger partial charge in [-0.3, -0.25) is 0 Å². The molecule has 1 atom stereocenters. The monoisotopic (exact) mass is 366 g/mol. The van der Waals surface area contributed by atoms with Gasteiger partial charge >= 0.3 is 0 Å². The van der Waals surface area contributed by atoms with Gasteiger partial charge in [0, 0.05) is 34.6 Å². The molecule has 1 saturated heterocycles. The number of hydrogen-bond donors (Lipinski definition) is 2. The van der Waals surface area contributed by atoms with Crippen molar-refractivity contribution in [3.8, 4) is 0 Å². The summed E-state index contributed by atoms with van der Waals surface area (Å²) in [7, 11) is -3.69. The fourth-order valence-electron chi connectivity index (χ4n) is 1.80. The molecule has 3 N–H and O–H groups in total. The lowest BCUT2D eigenvalue weighted by atomic mass is 10.2. The van der Waals surface area contributed by atoms with Crippen molar-refractivity contribution in [1.29, 1.82) is 0 Å². The standard InChI is InChI=1S/C12H15FN2O2S4/c13-11-2-1-9(5-10(11)12(14)18)21(16,17)15-6-8-7-19-3-4-20-8/h1-2,5,8,15H,3-4,6-7H2,(H2,14,18). The molecule has 1 fully saturated rings. The molecule has 1 heterocycles. The van der Waals surface area contributed by atoms with Crippen LogP contribution in [0, 0.1) is 5.82 Å². The smallest absolute Gasteiger partial charge is 0.240 e. The van der Waals surface area contributed by atoms with Crippen molar-refractivity contribution in [2.45, 2.75) is 10.1 Å². The number of halogens is 1. The van der Waals surface area contributed by atoms with Crippen LogP contribution in [0.25, 0.3) is 0 Å². The van der Waals surface area contributed by atoms with Gasteiger partial charge in [-0.25, -0.2) is 17.5 Å². The minimum atomic E-state index is -3.69. The molecule has 0 amide bonds. The lowest BCUT2D eigenvalue weighted by molar-refractivity contribution is 0.580. The van der Waals surface area contributed by atoms with E-state index in [-0.39, 0.29) is 20.7 Å². The van der Waals surface area contributed by atoms with E-state index in [1.807, 2.05) is 11.8 Å². The topological polar surface area (TPSA) is 72.2 Å². The van der Waals surface area contributed by atoms with Gasteiger partial charge in [0.1, 0.15) is 10.8 Å². The molecule has 2 rings (SSSR count). The average molecular weight is 367 g/mol. The number of nitrogens with one attached hydrogen (secondary N) is 1.